The van der Waals surface area contributed by atoms with Crippen molar-refractivity contribution < 1.29 is 13.9 Å². The number of hydrogen-bond acceptors (Lipinski definition) is 8. The van der Waals surface area contributed by atoms with Crippen LogP contribution in [-0.4, -0.2) is 40.3 Å². The van der Waals surface area contributed by atoms with Gasteiger partial charge in [-0.15, -0.1) is 0 Å². The third-order valence-electron chi connectivity index (χ3n) is 5.25. The van der Waals surface area contributed by atoms with Gasteiger partial charge in [-0.05, 0) is 30.5 Å². The van der Waals surface area contributed by atoms with Crippen molar-refractivity contribution in [1.82, 2.24) is 9.88 Å². The molecule has 2 aliphatic rings. The highest BCUT2D eigenvalue weighted by atomic mass is 32.2. The molecule has 0 spiro atoms. The van der Waals surface area contributed by atoms with Gasteiger partial charge in [0.25, 0.3) is 5.91 Å². The van der Waals surface area contributed by atoms with Gasteiger partial charge in [0, 0.05) is 19.2 Å². The topological polar surface area (TPSA) is 82.6 Å². The number of ether oxygens (including phenoxy) is 1. The largest absolute Gasteiger partial charge is 0.497 e. The van der Waals surface area contributed by atoms with E-state index in [4.69, 9.17) is 21.4 Å². The second kappa shape index (κ2) is 9.54. The first-order valence-corrected chi connectivity index (χ1v) is 11.4. The van der Waals surface area contributed by atoms with Gasteiger partial charge in [0.05, 0.1) is 18.6 Å². The normalized spacial score (nSPS) is 18.4. The molecule has 9 heteroatoms. The fourth-order valence-corrected chi connectivity index (χ4v) is 4.83. The van der Waals surface area contributed by atoms with Gasteiger partial charge in [-0.25, -0.2) is 0 Å². The SMILES string of the molecule is COc1ccc(CN2C(=O)/C(=C\c3nc(C#N)c(N4CCCCCC4)o3)SC2=S)cc1. The molecule has 2 aromatic rings. The number of anilines is 1. The highest BCUT2D eigenvalue weighted by Gasteiger charge is 2.33. The third kappa shape index (κ3) is 4.75. The van der Waals surface area contributed by atoms with Crippen LogP contribution >= 0.6 is 24.0 Å². The molecule has 0 unspecified atom stereocenters. The van der Waals surface area contributed by atoms with Crippen LogP contribution in [0.2, 0.25) is 0 Å². The van der Waals surface area contributed by atoms with E-state index in [9.17, 15) is 10.1 Å². The van der Waals surface area contributed by atoms with Gasteiger partial charge in [-0.2, -0.15) is 10.2 Å². The van der Waals surface area contributed by atoms with Crippen LogP contribution in [0.15, 0.2) is 33.6 Å². The number of hydrogen-bond donors (Lipinski definition) is 0. The summed E-state index contributed by atoms with van der Waals surface area (Å²) in [4.78, 5) is 21.3. The molecular formula is C22H22N4O3S2. The van der Waals surface area contributed by atoms with Crippen LogP contribution in [0.3, 0.4) is 0 Å². The molecule has 160 valence electrons. The summed E-state index contributed by atoms with van der Waals surface area (Å²) in [5, 5.41) is 9.50. The number of oxazole rings is 1. The molecule has 0 saturated carbocycles. The molecule has 2 saturated heterocycles. The van der Waals surface area contributed by atoms with Gasteiger partial charge in [0.2, 0.25) is 17.5 Å². The Balaban J connectivity index is 1.53. The lowest BCUT2D eigenvalue weighted by Gasteiger charge is -2.18. The molecule has 0 atom stereocenters. The fraction of sp³-hybridized carbons (Fsp3) is 0.364. The molecule has 2 aliphatic heterocycles. The van der Waals surface area contributed by atoms with E-state index < -0.39 is 0 Å². The highest BCUT2D eigenvalue weighted by Crippen LogP contribution is 2.35. The lowest BCUT2D eigenvalue weighted by atomic mass is 10.2. The summed E-state index contributed by atoms with van der Waals surface area (Å²) in [5.41, 5.74) is 1.20. The number of amides is 1. The second-order valence-electron chi connectivity index (χ2n) is 7.33. The van der Waals surface area contributed by atoms with Crippen LogP contribution in [0.4, 0.5) is 5.88 Å². The quantitative estimate of drug-likeness (QED) is 0.488. The van der Waals surface area contributed by atoms with Gasteiger partial charge in [-0.3, -0.25) is 9.69 Å². The molecule has 1 amide bonds. The highest BCUT2D eigenvalue weighted by molar-refractivity contribution is 8.26. The predicted octanol–water partition coefficient (Wildman–Crippen LogP) is 4.34. The maximum Gasteiger partial charge on any atom is 0.266 e. The summed E-state index contributed by atoms with van der Waals surface area (Å²) < 4.78 is 11.6. The zero-order valence-electron chi connectivity index (χ0n) is 17.2. The average molecular weight is 455 g/mol. The Bertz CT molecular complexity index is 1050. The van der Waals surface area contributed by atoms with E-state index in [-0.39, 0.29) is 17.5 Å². The Morgan fingerprint density at radius 2 is 1.97 bits per heavy atom. The van der Waals surface area contributed by atoms with Crippen molar-refractivity contribution in [1.29, 1.82) is 5.26 Å². The first kappa shape index (κ1) is 21.4. The summed E-state index contributed by atoms with van der Waals surface area (Å²) in [6.07, 6.45) is 6.05. The van der Waals surface area contributed by atoms with Crippen molar-refractivity contribution in [3.8, 4) is 11.8 Å². The zero-order valence-corrected chi connectivity index (χ0v) is 18.8. The monoisotopic (exact) mass is 454 g/mol. The van der Waals surface area contributed by atoms with Gasteiger partial charge in [0.15, 0.2) is 0 Å². The van der Waals surface area contributed by atoms with Crippen LogP contribution < -0.4 is 9.64 Å². The van der Waals surface area contributed by atoms with E-state index >= 15 is 0 Å². The summed E-state index contributed by atoms with van der Waals surface area (Å²) in [7, 11) is 1.61. The molecule has 3 heterocycles. The Kier molecular flexibility index (Phi) is 6.59. The van der Waals surface area contributed by atoms with E-state index in [1.807, 2.05) is 24.3 Å². The molecule has 0 bridgehead atoms. The summed E-state index contributed by atoms with van der Waals surface area (Å²) in [6, 6.07) is 9.63. The number of nitriles is 1. The number of thioether (sulfide) groups is 1. The number of benzene rings is 1. The Morgan fingerprint density at radius 3 is 2.61 bits per heavy atom. The van der Waals surface area contributed by atoms with Gasteiger partial charge < -0.3 is 14.1 Å². The van der Waals surface area contributed by atoms with Crippen LogP contribution in [0, 0.1) is 11.3 Å². The third-order valence-corrected chi connectivity index (χ3v) is 6.63. The molecule has 7 nitrogen and oxygen atoms in total. The van der Waals surface area contributed by atoms with Crippen LogP contribution in [0.1, 0.15) is 42.8 Å². The number of methoxy groups -OCH3 is 1. The minimum atomic E-state index is -0.196. The van der Waals surface area contributed by atoms with E-state index in [0.29, 0.717) is 21.7 Å². The van der Waals surface area contributed by atoms with E-state index in [1.54, 1.807) is 18.1 Å². The van der Waals surface area contributed by atoms with Crippen molar-refractivity contribution in [3.05, 3.63) is 46.3 Å². The molecule has 1 aromatic carbocycles. The minimum Gasteiger partial charge on any atom is -0.497 e. The smallest absolute Gasteiger partial charge is 0.266 e. The van der Waals surface area contributed by atoms with Gasteiger partial charge in [-0.1, -0.05) is 49.0 Å². The zero-order chi connectivity index (χ0) is 21.8. The number of carbonyl (C=O) groups is 1. The fourth-order valence-electron chi connectivity index (χ4n) is 3.61. The summed E-state index contributed by atoms with van der Waals surface area (Å²) >= 11 is 6.63. The number of carbonyl (C=O) groups excluding carboxylic acids is 1. The van der Waals surface area contributed by atoms with Crippen molar-refractivity contribution in [3.63, 3.8) is 0 Å². The summed E-state index contributed by atoms with van der Waals surface area (Å²) in [5.74, 6) is 1.30. The van der Waals surface area contributed by atoms with E-state index in [2.05, 4.69) is 16.0 Å². The van der Waals surface area contributed by atoms with Crippen molar-refractivity contribution >= 4 is 46.2 Å². The van der Waals surface area contributed by atoms with Crippen molar-refractivity contribution in [2.24, 2.45) is 0 Å². The van der Waals surface area contributed by atoms with Crippen molar-refractivity contribution in [2.45, 2.75) is 32.2 Å². The number of rotatable bonds is 5. The van der Waals surface area contributed by atoms with E-state index in [0.717, 1.165) is 37.2 Å². The standard InChI is InChI=1S/C22H22N4O3S2/c1-28-16-8-6-15(7-9-16)14-26-20(27)18(31-22(26)30)12-19-24-17(13-23)21(29-19)25-10-4-2-3-5-11-25/h6-9,12H,2-5,10-11,14H2,1H3/b18-12+. The van der Waals surface area contributed by atoms with Crippen molar-refractivity contribution in [2.75, 3.05) is 25.1 Å². The number of nitrogens with zero attached hydrogens (tertiary/aromatic N) is 4. The van der Waals surface area contributed by atoms with Crippen LogP contribution in [0.5, 0.6) is 5.75 Å². The van der Waals surface area contributed by atoms with Gasteiger partial charge in [0.1, 0.15) is 16.1 Å². The number of aromatic nitrogens is 1. The molecule has 4 rings (SSSR count). The molecule has 2 fully saturated rings. The maximum atomic E-state index is 12.9. The number of thiocarbonyl (C=S) groups is 1. The Morgan fingerprint density at radius 1 is 1.26 bits per heavy atom. The Labute approximate surface area is 190 Å². The minimum absolute atomic E-state index is 0.196. The first-order chi connectivity index (χ1) is 15.1. The molecule has 0 radical (unpaired) electrons. The second-order valence-corrected chi connectivity index (χ2v) is 9.01. The molecule has 0 aliphatic carbocycles. The lowest BCUT2D eigenvalue weighted by molar-refractivity contribution is -0.122. The van der Waals surface area contributed by atoms with Crippen LogP contribution in [-0.2, 0) is 11.3 Å². The first-order valence-electron chi connectivity index (χ1n) is 10.1. The molecular weight excluding hydrogens is 432 g/mol. The van der Waals surface area contributed by atoms with Crippen LogP contribution in [0.25, 0.3) is 6.08 Å². The molecule has 1 aromatic heterocycles. The van der Waals surface area contributed by atoms with E-state index in [1.165, 1.54) is 24.6 Å². The summed E-state index contributed by atoms with van der Waals surface area (Å²) in [6.45, 7) is 2.06. The molecule has 0 N–H and O–H groups in total. The average Bonchev–Trinajstić information content (AvgIpc) is 3.16. The predicted molar refractivity (Wildman–Crippen MR) is 124 cm³/mol. The Hall–Kier alpha value is -2.83. The van der Waals surface area contributed by atoms with Gasteiger partial charge >= 0.3 is 0 Å². The lowest BCUT2D eigenvalue weighted by Crippen LogP contribution is -2.27. The molecule has 31 heavy (non-hydrogen) atoms. The maximum absolute atomic E-state index is 12.9.